The van der Waals surface area contributed by atoms with E-state index >= 15 is 0 Å². The van der Waals surface area contributed by atoms with Crippen LogP contribution in [0.25, 0.3) is 0 Å². The first-order chi connectivity index (χ1) is 10.5. The van der Waals surface area contributed by atoms with Crippen molar-refractivity contribution >= 4 is 23.0 Å². The standard InChI is InChI=1S/C16H16N2O4/c1-3-22-16(19)12-8-14(10-15(9-12)18(20)21)17-13-6-4-5-11(2)7-13/h4-10,17H,3H2,1-2H3. The van der Waals surface area contributed by atoms with Gasteiger partial charge in [-0.1, -0.05) is 12.1 Å². The largest absolute Gasteiger partial charge is 0.462 e. The van der Waals surface area contributed by atoms with Gasteiger partial charge in [0.1, 0.15) is 0 Å². The van der Waals surface area contributed by atoms with Crippen molar-refractivity contribution in [3.8, 4) is 0 Å². The summed E-state index contributed by atoms with van der Waals surface area (Å²) in [7, 11) is 0. The molecule has 0 aromatic heterocycles. The molecule has 0 atom stereocenters. The lowest BCUT2D eigenvalue weighted by atomic mass is 10.1. The fourth-order valence-electron chi connectivity index (χ4n) is 2.01. The highest BCUT2D eigenvalue weighted by Gasteiger charge is 2.15. The zero-order valence-electron chi connectivity index (χ0n) is 12.3. The van der Waals surface area contributed by atoms with Gasteiger partial charge < -0.3 is 10.1 Å². The Kier molecular flexibility index (Phi) is 4.73. The van der Waals surface area contributed by atoms with E-state index in [-0.39, 0.29) is 17.9 Å². The van der Waals surface area contributed by atoms with E-state index in [9.17, 15) is 14.9 Å². The van der Waals surface area contributed by atoms with Crippen LogP contribution in [-0.2, 0) is 4.74 Å². The highest BCUT2D eigenvalue weighted by Crippen LogP contribution is 2.25. The first kappa shape index (κ1) is 15.5. The summed E-state index contributed by atoms with van der Waals surface area (Å²) in [5.74, 6) is -0.585. The number of aryl methyl sites for hydroxylation is 1. The minimum absolute atomic E-state index is 0.145. The Labute approximate surface area is 127 Å². The number of esters is 1. The van der Waals surface area contributed by atoms with Crippen molar-refractivity contribution in [1.82, 2.24) is 0 Å². The molecule has 0 aliphatic heterocycles. The first-order valence-corrected chi connectivity index (χ1v) is 6.80. The molecule has 0 aliphatic rings. The maximum atomic E-state index is 11.8. The van der Waals surface area contributed by atoms with Gasteiger partial charge in [0.05, 0.1) is 17.1 Å². The summed E-state index contributed by atoms with van der Waals surface area (Å²) in [6.45, 7) is 3.84. The molecule has 0 bridgehead atoms. The Balaban J connectivity index is 2.37. The number of nitrogens with zero attached hydrogens (tertiary/aromatic N) is 1. The summed E-state index contributed by atoms with van der Waals surface area (Å²) >= 11 is 0. The summed E-state index contributed by atoms with van der Waals surface area (Å²) in [5.41, 5.74) is 2.28. The van der Waals surface area contributed by atoms with E-state index in [1.165, 1.54) is 18.2 Å². The number of ether oxygens (including phenoxy) is 1. The lowest BCUT2D eigenvalue weighted by Crippen LogP contribution is -2.06. The van der Waals surface area contributed by atoms with Crippen molar-refractivity contribution in [2.24, 2.45) is 0 Å². The van der Waals surface area contributed by atoms with Gasteiger partial charge in [-0.2, -0.15) is 0 Å². The number of hydrogen-bond donors (Lipinski definition) is 1. The normalized spacial score (nSPS) is 10.1. The molecule has 0 aliphatic carbocycles. The molecule has 0 radical (unpaired) electrons. The van der Waals surface area contributed by atoms with Gasteiger partial charge in [-0.3, -0.25) is 10.1 Å². The zero-order valence-corrected chi connectivity index (χ0v) is 12.3. The molecule has 0 amide bonds. The van der Waals surface area contributed by atoms with Gasteiger partial charge in [0.2, 0.25) is 0 Å². The second-order valence-electron chi connectivity index (χ2n) is 4.74. The van der Waals surface area contributed by atoms with Crippen LogP contribution in [0.3, 0.4) is 0 Å². The predicted molar refractivity (Wildman–Crippen MR) is 83.5 cm³/mol. The third-order valence-electron chi connectivity index (χ3n) is 2.95. The number of non-ortho nitro benzene ring substituents is 1. The number of nitro benzene ring substituents is 1. The molecule has 6 nitrogen and oxygen atoms in total. The second-order valence-corrected chi connectivity index (χ2v) is 4.74. The summed E-state index contributed by atoms with van der Waals surface area (Å²) in [6, 6.07) is 11.7. The van der Waals surface area contributed by atoms with Crippen LogP contribution in [0.2, 0.25) is 0 Å². The van der Waals surface area contributed by atoms with Crippen LogP contribution >= 0.6 is 0 Å². The van der Waals surface area contributed by atoms with Gasteiger partial charge in [0.15, 0.2) is 0 Å². The van der Waals surface area contributed by atoms with E-state index in [1.54, 1.807) is 6.92 Å². The number of carbonyl (C=O) groups is 1. The van der Waals surface area contributed by atoms with Crippen LogP contribution in [-0.4, -0.2) is 17.5 Å². The van der Waals surface area contributed by atoms with E-state index in [4.69, 9.17) is 4.74 Å². The number of carbonyl (C=O) groups excluding carboxylic acids is 1. The molecule has 22 heavy (non-hydrogen) atoms. The Hall–Kier alpha value is -2.89. The third-order valence-corrected chi connectivity index (χ3v) is 2.95. The number of hydrogen-bond acceptors (Lipinski definition) is 5. The molecular weight excluding hydrogens is 284 g/mol. The van der Waals surface area contributed by atoms with Crippen LogP contribution in [0.5, 0.6) is 0 Å². The summed E-state index contributed by atoms with van der Waals surface area (Å²) in [6.07, 6.45) is 0. The van der Waals surface area contributed by atoms with Crippen molar-refractivity contribution in [3.63, 3.8) is 0 Å². The molecule has 1 N–H and O–H groups in total. The van der Waals surface area contributed by atoms with Gasteiger partial charge in [0.25, 0.3) is 5.69 Å². The lowest BCUT2D eigenvalue weighted by Gasteiger charge is -2.09. The summed E-state index contributed by atoms with van der Waals surface area (Å²) in [5, 5.41) is 14.1. The predicted octanol–water partition coefficient (Wildman–Crippen LogP) is 3.82. The molecule has 0 saturated carbocycles. The highest BCUT2D eigenvalue weighted by molar-refractivity contribution is 5.91. The second kappa shape index (κ2) is 6.71. The first-order valence-electron chi connectivity index (χ1n) is 6.80. The van der Waals surface area contributed by atoms with Crippen molar-refractivity contribution in [3.05, 3.63) is 63.7 Å². The molecule has 2 aromatic rings. The van der Waals surface area contributed by atoms with Crippen LogP contribution in [0.15, 0.2) is 42.5 Å². The van der Waals surface area contributed by atoms with E-state index in [0.29, 0.717) is 5.69 Å². The minimum Gasteiger partial charge on any atom is -0.462 e. The van der Waals surface area contributed by atoms with Crippen LogP contribution in [0, 0.1) is 17.0 Å². The molecule has 0 fully saturated rings. The van der Waals surface area contributed by atoms with Crippen LogP contribution < -0.4 is 5.32 Å². The monoisotopic (exact) mass is 300 g/mol. The average molecular weight is 300 g/mol. The average Bonchev–Trinajstić information content (AvgIpc) is 2.47. The Bertz CT molecular complexity index is 713. The fraction of sp³-hybridized carbons (Fsp3) is 0.188. The summed E-state index contributed by atoms with van der Waals surface area (Å²) < 4.78 is 4.90. The van der Waals surface area contributed by atoms with E-state index < -0.39 is 10.9 Å². The molecule has 0 saturated heterocycles. The Morgan fingerprint density at radius 1 is 1.23 bits per heavy atom. The smallest absolute Gasteiger partial charge is 0.338 e. The topological polar surface area (TPSA) is 81.5 Å². The van der Waals surface area contributed by atoms with Gasteiger partial charge in [-0.05, 0) is 37.6 Å². The number of benzene rings is 2. The maximum absolute atomic E-state index is 11.8. The van der Waals surface area contributed by atoms with Gasteiger partial charge in [0, 0.05) is 23.5 Å². The van der Waals surface area contributed by atoms with E-state index in [2.05, 4.69) is 5.32 Å². The SMILES string of the molecule is CCOC(=O)c1cc(Nc2cccc(C)c2)cc([N+](=O)[O-])c1. The molecule has 2 rings (SSSR count). The quantitative estimate of drug-likeness (QED) is 0.515. The van der Waals surface area contributed by atoms with Gasteiger partial charge in [-0.15, -0.1) is 0 Å². The molecule has 2 aromatic carbocycles. The van der Waals surface area contributed by atoms with Crippen LogP contribution in [0.1, 0.15) is 22.8 Å². The fourth-order valence-corrected chi connectivity index (χ4v) is 2.01. The molecule has 0 spiro atoms. The van der Waals surface area contributed by atoms with E-state index in [0.717, 1.165) is 11.3 Å². The minimum atomic E-state index is -0.585. The number of nitrogens with one attached hydrogen (secondary N) is 1. The highest BCUT2D eigenvalue weighted by atomic mass is 16.6. The molecule has 6 heteroatoms. The number of rotatable bonds is 5. The Morgan fingerprint density at radius 2 is 2.00 bits per heavy atom. The van der Waals surface area contributed by atoms with Crippen molar-refractivity contribution in [2.75, 3.05) is 11.9 Å². The zero-order chi connectivity index (χ0) is 16.1. The van der Waals surface area contributed by atoms with Crippen molar-refractivity contribution in [1.29, 1.82) is 0 Å². The number of nitro groups is 1. The molecular formula is C16H16N2O4. The van der Waals surface area contributed by atoms with Crippen LogP contribution in [0.4, 0.5) is 17.1 Å². The number of anilines is 2. The molecule has 114 valence electrons. The maximum Gasteiger partial charge on any atom is 0.338 e. The molecule has 0 unspecified atom stereocenters. The van der Waals surface area contributed by atoms with Gasteiger partial charge in [-0.25, -0.2) is 4.79 Å². The third kappa shape index (κ3) is 3.82. The van der Waals surface area contributed by atoms with Crippen molar-refractivity contribution < 1.29 is 14.5 Å². The van der Waals surface area contributed by atoms with E-state index in [1.807, 2.05) is 31.2 Å². The Morgan fingerprint density at radius 3 is 2.64 bits per heavy atom. The van der Waals surface area contributed by atoms with Gasteiger partial charge >= 0.3 is 5.97 Å². The van der Waals surface area contributed by atoms with Crippen molar-refractivity contribution in [2.45, 2.75) is 13.8 Å². The molecule has 0 heterocycles. The summed E-state index contributed by atoms with van der Waals surface area (Å²) in [4.78, 5) is 22.3. The lowest BCUT2D eigenvalue weighted by molar-refractivity contribution is -0.384.